The van der Waals surface area contributed by atoms with Gasteiger partial charge in [-0.1, -0.05) is 38.1 Å². The number of aromatic nitrogens is 2. The SMILES string of the molecule is COc1cc2nc(C)nc(N[C@H](C)c3cccc(C4CC4(C)C)c3)c2cc1OC. The Labute approximate surface area is 172 Å². The van der Waals surface area contributed by atoms with E-state index in [1.807, 2.05) is 19.1 Å². The molecule has 0 radical (unpaired) electrons. The Bertz CT molecular complexity index is 1060. The number of nitrogens with zero attached hydrogens (tertiary/aromatic N) is 2. The van der Waals surface area contributed by atoms with Crippen molar-refractivity contribution in [2.45, 2.75) is 46.1 Å². The third-order valence-corrected chi connectivity index (χ3v) is 5.99. The number of anilines is 1. The van der Waals surface area contributed by atoms with Gasteiger partial charge < -0.3 is 14.8 Å². The van der Waals surface area contributed by atoms with E-state index in [4.69, 9.17) is 9.47 Å². The highest BCUT2D eigenvalue weighted by atomic mass is 16.5. The second-order valence-corrected chi connectivity index (χ2v) is 8.63. The van der Waals surface area contributed by atoms with Crippen molar-refractivity contribution >= 4 is 16.7 Å². The summed E-state index contributed by atoms with van der Waals surface area (Å²) in [5, 5.41) is 4.51. The molecule has 1 fully saturated rings. The van der Waals surface area contributed by atoms with E-state index in [1.165, 1.54) is 17.5 Å². The molecule has 0 amide bonds. The van der Waals surface area contributed by atoms with Crippen LogP contribution in [-0.4, -0.2) is 24.2 Å². The number of hydrogen-bond acceptors (Lipinski definition) is 5. The van der Waals surface area contributed by atoms with Gasteiger partial charge >= 0.3 is 0 Å². The van der Waals surface area contributed by atoms with Crippen LogP contribution >= 0.6 is 0 Å². The van der Waals surface area contributed by atoms with Crippen LogP contribution in [0.3, 0.4) is 0 Å². The molecule has 29 heavy (non-hydrogen) atoms. The zero-order valence-electron chi connectivity index (χ0n) is 18.0. The van der Waals surface area contributed by atoms with Crippen LogP contribution < -0.4 is 14.8 Å². The summed E-state index contributed by atoms with van der Waals surface area (Å²) in [5.41, 5.74) is 3.94. The Morgan fingerprint density at radius 1 is 1.07 bits per heavy atom. The Morgan fingerprint density at radius 2 is 1.76 bits per heavy atom. The normalized spacial score (nSPS) is 18.3. The van der Waals surface area contributed by atoms with Crippen LogP contribution in [0.4, 0.5) is 5.82 Å². The van der Waals surface area contributed by atoms with Crippen molar-refractivity contribution in [1.29, 1.82) is 0 Å². The number of ether oxygens (including phenoxy) is 2. The van der Waals surface area contributed by atoms with Crippen LogP contribution in [-0.2, 0) is 0 Å². The van der Waals surface area contributed by atoms with Crippen molar-refractivity contribution in [3.8, 4) is 11.5 Å². The lowest BCUT2D eigenvalue weighted by Gasteiger charge is -2.19. The second kappa shape index (κ2) is 7.21. The maximum Gasteiger partial charge on any atom is 0.162 e. The largest absolute Gasteiger partial charge is 0.493 e. The molecule has 3 aromatic rings. The summed E-state index contributed by atoms with van der Waals surface area (Å²) in [6.07, 6.45) is 1.26. The van der Waals surface area contributed by atoms with Crippen molar-refractivity contribution < 1.29 is 9.47 Å². The molecule has 1 aliphatic rings. The van der Waals surface area contributed by atoms with Gasteiger partial charge in [-0.05, 0) is 48.8 Å². The number of benzene rings is 2. The van der Waals surface area contributed by atoms with Gasteiger partial charge in [0.05, 0.1) is 19.7 Å². The highest BCUT2D eigenvalue weighted by Crippen LogP contribution is 2.58. The van der Waals surface area contributed by atoms with Crippen LogP contribution in [0.25, 0.3) is 10.9 Å². The summed E-state index contributed by atoms with van der Waals surface area (Å²) >= 11 is 0. The highest BCUT2D eigenvalue weighted by Gasteiger charge is 2.46. The molecule has 0 saturated heterocycles. The van der Waals surface area contributed by atoms with Crippen molar-refractivity contribution in [2.75, 3.05) is 19.5 Å². The fraction of sp³-hybridized carbons (Fsp3) is 0.417. The van der Waals surface area contributed by atoms with E-state index in [0.717, 1.165) is 16.7 Å². The zero-order valence-corrected chi connectivity index (χ0v) is 18.0. The lowest BCUT2D eigenvalue weighted by molar-refractivity contribution is 0.356. The van der Waals surface area contributed by atoms with E-state index in [2.05, 4.69) is 60.3 Å². The molecular weight excluding hydrogens is 362 g/mol. The van der Waals surface area contributed by atoms with E-state index >= 15 is 0 Å². The first-order valence-electron chi connectivity index (χ1n) is 10.1. The summed E-state index contributed by atoms with van der Waals surface area (Å²) in [6.45, 7) is 8.75. The maximum absolute atomic E-state index is 5.48. The standard InChI is InChI=1S/C24H29N3O2/c1-14(16-8-7-9-17(10-16)19-13-24(19,3)4)25-23-18-11-21(28-5)22(29-6)12-20(18)26-15(2)27-23/h7-12,14,19H,13H2,1-6H3,(H,25,26,27)/t14-,19?/m1/s1. The van der Waals surface area contributed by atoms with Crippen molar-refractivity contribution in [2.24, 2.45) is 5.41 Å². The average molecular weight is 392 g/mol. The smallest absolute Gasteiger partial charge is 0.162 e. The Kier molecular flexibility index (Phi) is 4.85. The van der Waals surface area contributed by atoms with Crippen molar-refractivity contribution in [3.05, 3.63) is 53.3 Å². The topological polar surface area (TPSA) is 56.3 Å². The molecule has 1 aliphatic carbocycles. The van der Waals surface area contributed by atoms with Gasteiger partial charge in [-0.25, -0.2) is 9.97 Å². The third-order valence-electron chi connectivity index (χ3n) is 5.99. The summed E-state index contributed by atoms with van der Waals surface area (Å²) < 4.78 is 10.9. The molecule has 1 N–H and O–H groups in total. The minimum atomic E-state index is 0.113. The van der Waals surface area contributed by atoms with E-state index in [-0.39, 0.29) is 6.04 Å². The first-order valence-corrected chi connectivity index (χ1v) is 10.1. The first kappa shape index (κ1) is 19.5. The molecule has 2 atom stereocenters. The minimum absolute atomic E-state index is 0.113. The summed E-state index contributed by atoms with van der Waals surface area (Å²) in [4.78, 5) is 9.25. The molecule has 0 aliphatic heterocycles. The van der Waals surface area contributed by atoms with Gasteiger partial charge in [0.2, 0.25) is 0 Å². The minimum Gasteiger partial charge on any atom is -0.493 e. The van der Waals surface area contributed by atoms with Crippen molar-refractivity contribution in [3.63, 3.8) is 0 Å². The molecule has 1 heterocycles. The molecule has 1 unspecified atom stereocenters. The third kappa shape index (κ3) is 3.74. The monoisotopic (exact) mass is 391 g/mol. The summed E-state index contributed by atoms with van der Waals surface area (Å²) in [5.74, 6) is 3.51. The number of methoxy groups -OCH3 is 2. The molecule has 4 rings (SSSR count). The molecule has 2 aromatic carbocycles. The lowest BCUT2D eigenvalue weighted by Crippen LogP contribution is -2.10. The van der Waals surface area contributed by atoms with Gasteiger partial charge in [0.1, 0.15) is 11.6 Å². The first-order chi connectivity index (χ1) is 13.8. The molecule has 1 aromatic heterocycles. The Morgan fingerprint density at radius 3 is 2.41 bits per heavy atom. The van der Waals surface area contributed by atoms with Gasteiger partial charge in [-0.15, -0.1) is 0 Å². The molecule has 1 saturated carbocycles. The van der Waals surface area contributed by atoms with Gasteiger partial charge in [-0.3, -0.25) is 0 Å². The molecule has 5 heteroatoms. The predicted octanol–water partition coefficient (Wildman–Crippen LogP) is 5.64. The van der Waals surface area contributed by atoms with Crippen LogP contribution in [0.15, 0.2) is 36.4 Å². The van der Waals surface area contributed by atoms with Crippen molar-refractivity contribution in [1.82, 2.24) is 9.97 Å². The Hall–Kier alpha value is -2.82. The molecule has 0 spiro atoms. The fourth-order valence-electron chi connectivity index (χ4n) is 4.05. The summed E-state index contributed by atoms with van der Waals surface area (Å²) in [7, 11) is 3.27. The van der Waals surface area contributed by atoms with Crippen LogP contribution in [0, 0.1) is 12.3 Å². The predicted molar refractivity (Wildman–Crippen MR) is 117 cm³/mol. The van der Waals surface area contributed by atoms with E-state index in [1.54, 1.807) is 14.2 Å². The van der Waals surface area contributed by atoms with Crippen LogP contribution in [0.5, 0.6) is 11.5 Å². The van der Waals surface area contributed by atoms with Gasteiger partial charge in [0, 0.05) is 17.5 Å². The second-order valence-electron chi connectivity index (χ2n) is 8.63. The van der Waals surface area contributed by atoms with Crippen LogP contribution in [0.1, 0.15) is 56.1 Å². The van der Waals surface area contributed by atoms with Gasteiger partial charge in [-0.2, -0.15) is 0 Å². The number of fused-ring (bicyclic) bond motifs is 1. The highest BCUT2D eigenvalue weighted by molar-refractivity contribution is 5.92. The molecule has 5 nitrogen and oxygen atoms in total. The van der Waals surface area contributed by atoms with Crippen LogP contribution in [0.2, 0.25) is 0 Å². The average Bonchev–Trinajstić information content (AvgIpc) is 3.35. The number of aryl methyl sites for hydroxylation is 1. The fourth-order valence-corrected chi connectivity index (χ4v) is 4.05. The Balaban J connectivity index is 1.68. The molecule has 152 valence electrons. The van der Waals surface area contributed by atoms with E-state index in [9.17, 15) is 0 Å². The van der Waals surface area contributed by atoms with E-state index < -0.39 is 0 Å². The van der Waals surface area contributed by atoms with Gasteiger partial charge in [0.25, 0.3) is 0 Å². The quantitative estimate of drug-likeness (QED) is 0.589. The van der Waals surface area contributed by atoms with E-state index in [0.29, 0.717) is 28.7 Å². The van der Waals surface area contributed by atoms with Gasteiger partial charge in [0.15, 0.2) is 11.5 Å². The number of rotatable bonds is 6. The molecule has 0 bridgehead atoms. The number of nitrogens with one attached hydrogen (secondary N) is 1. The lowest BCUT2D eigenvalue weighted by atomic mass is 9.98. The number of hydrogen-bond donors (Lipinski definition) is 1. The molecular formula is C24H29N3O2. The zero-order chi connectivity index (χ0) is 20.8. The maximum atomic E-state index is 5.48. The summed E-state index contributed by atoms with van der Waals surface area (Å²) in [6, 6.07) is 12.9.